The van der Waals surface area contributed by atoms with E-state index in [1.54, 1.807) is 18.2 Å². The van der Waals surface area contributed by atoms with Crippen LogP contribution in [0, 0.1) is 5.82 Å². The number of hydrogen-bond donors (Lipinski definition) is 1. The minimum Gasteiger partial charge on any atom is -0.319 e. The molecule has 0 saturated heterocycles. The molecule has 3 aromatic rings. The van der Waals surface area contributed by atoms with Crippen molar-refractivity contribution < 1.29 is 9.18 Å². The molecule has 4 rings (SSSR count). The Morgan fingerprint density at radius 3 is 2.61 bits per heavy atom. The summed E-state index contributed by atoms with van der Waals surface area (Å²) in [5, 5.41) is 2.66. The van der Waals surface area contributed by atoms with Gasteiger partial charge in [0.05, 0.1) is 10.6 Å². The quantitative estimate of drug-likeness (QED) is 0.713. The molecule has 23 heavy (non-hydrogen) atoms. The van der Waals surface area contributed by atoms with Gasteiger partial charge in [-0.1, -0.05) is 36.4 Å². The van der Waals surface area contributed by atoms with Gasteiger partial charge in [-0.25, -0.2) is 4.39 Å². The fourth-order valence-corrected chi connectivity index (χ4v) is 4.10. The number of aryl methyl sites for hydroxylation is 2. The van der Waals surface area contributed by atoms with Crippen LogP contribution in [-0.2, 0) is 12.8 Å². The van der Waals surface area contributed by atoms with Crippen LogP contribution in [0.3, 0.4) is 0 Å². The third kappa shape index (κ3) is 2.55. The van der Waals surface area contributed by atoms with Crippen LogP contribution in [0.1, 0.15) is 20.8 Å². The molecule has 114 valence electrons. The molecule has 2 nitrogen and oxygen atoms in total. The molecule has 0 spiro atoms. The highest BCUT2D eigenvalue weighted by Crippen LogP contribution is 2.39. The smallest absolute Gasteiger partial charge is 0.265 e. The molecule has 0 atom stereocenters. The van der Waals surface area contributed by atoms with Gasteiger partial charge >= 0.3 is 0 Å². The van der Waals surface area contributed by atoms with Crippen LogP contribution >= 0.6 is 11.3 Å². The van der Waals surface area contributed by atoms with E-state index in [1.807, 2.05) is 18.2 Å². The summed E-state index contributed by atoms with van der Waals surface area (Å²) in [6.45, 7) is 0. The van der Waals surface area contributed by atoms with E-state index < -0.39 is 5.82 Å². The maximum atomic E-state index is 13.7. The van der Waals surface area contributed by atoms with Gasteiger partial charge in [0.2, 0.25) is 0 Å². The van der Waals surface area contributed by atoms with Crippen molar-refractivity contribution in [3.63, 3.8) is 0 Å². The van der Waals surface area contributed by atoms with Crippen molar-refractivity contribution in [3.8, 4) is 10.4 Å². The number of hydrogen-bond acceptors (Lipinski definition) is 2. The largest absolute Gasteiger partial charge is 0.319 e. The lowest BCUT2D eigenvalue weighted by Gasteiger charge is -2.15. The maximum absolute atomic E-state index is 13.7. The second-order valence-corrected chi connectivity index (χ2v) is 6.61. The number of nitrogens with one attached hydrogen (secondary N) is 1. The first-order valence-corrected chi connectivity index (χ1v) is 8.31. The summed E-state index contributed by atoms with van der Waals surface area (Å²) >= 11 is 1.48. The van der Waals surface area contributed by atoms with Crippen LogP contribution in [0.25, 0.3) is 10.4 Å². The molecule has 1 heterocycles. The molecule has 0 fully saturated rings. The molecule has 0 bridgehead atoms. The Morgan fingerprint density at radius 1 is 1.00 bits per heavy atom. The Morgan fingerprint density at radius 2 is 1.74 bits per heavy atom. The van der Waals surface area contributed by atoms with Crippen LogP contribution in [0.15, 0.2) is 54.6 Å². The van der Waals surface area contributed by atoms with E-state index in [4.69, 9.17) is 0 Å². The van der Waals surface area contributed by atoms with Crippen LogP contribution in [-0.4, -0.2) is 5.91 Å². The van der Waals surface area contributed by atoms with Gasteiger partial charge in [-0.15, -0.1) is 11.3 Å². The summed E-state index contributed by atoms with van der Waals surface area (Å²) in [4.78, 5) is 14.2. The maximum Gasteiger partial charge on any atom is 0.265 e. The first kappa shape index (κ1) is 14.2. The Kier molecular flexibility index (Phi) is 3.46. The van der Waals surface area contributed by atoms with Gasteiger partial charge < -0.3 is 5.32 Å². The van der Waals surface area contributed by atoms with Crippen molar-refractivity contribution in [3.05, 3.63) is 76.4 Å². The predicted molar refractivity (Wildman–Crippen MR) is 91.5 cm³/mol. The Labute approximate surface area is 137 Å². The van der Waals surface area contributed by atoms with Crippen LogP contribution < -0.4 is 5.32 Å². The standard InChI is InChI=1S/C19H14FNOS/c20-15-7-3-4-8-16(15)21-19(22)17-11-13-10-9-12-5-1-2-6-14(12)18(13)23-17/h1-8,11H,9-10H2,(H,21,22). The number of thiophene rings is 1. The van der Waals surface area contributed by atoms with Gasteiger partial charge in [0, 0.05) is 4.88 Å². The Hall–Kier alpha value is -2.46. The van der Waals surface area contributed by atoms with Crippen molar-refractivity contribution in [2.75, 3.05) is 5.32 Å². The van der Waals surface area contributed by atoms with Gasteiger partial charge in [0.1, 0.15) is 5.82 Å². The first-order chi connectivity index (χ1) is 11.2. The fourth-order valence-electron chi connectivity index (χ4n) is 2.93. The lowest BCUT2D eigenvalue weighted by atomic mass is 9.91. The van der Waals surface area contributed by atoms with E-state index in [9.17, 15) is 9.18 Å². The van der Waals surface area contributed by atoms with Crippen molar-refractivity contribution >= 4 is 22.9 Å². The molecule has 2 aromatic carbocycles. The van der Waals surface area contributed by atoms with Gasteiger partial charge in [-0.2, -0.15) is 0 Å². The third-order valence-electron chi connectivity index (χ3n) is 4.08. The van der Waals surface area contributed by atoms with Gasteiger partial charge in [-0.3, -0.25) is 4.79 Å². The molecule has 1 aliphatic carbocycles. The number of para-hydroxylation sites is 1. The highest BCUT2D eigenvalue weighted by molar-refractivity contribution is 7.17. The molecule has 1 N–H and O–H groups in total. The SMILES string of the molecule is O=C(Nc1ccccc1F)c1cc2c(s1)-c1ccccc1CC2. The number of fused-ring (bicyclic) bond motifs is 3. The van der Waals surface area contributed by atoms with Crippen LogP contribution in [0.5, 0.6) is 0 Å². The fraction of sp³-hybridized carbons (Fsp3) is 0.105. The molecule has 1 aliphatic rings. The van der Waals surface area contributed by atoms with Gasteiger partial charge in [0.25, 0.3) is 5.91 Å². The third-order valence-corrected chi connectivity index (χ3v) is 5.29. The number of rotatable bonds is 2. The van der Waals surface area contributed by atoms with Crippen molar-refractivity contribution in [2.45, 2.75) is 12.8 Å². The minimum atomic E-state index is -0.424. The topological polar surface area (TPSA) is 29.1 Å². The zero-order chi connectivity index (χ0) is 15.8. The zero-order valence-corrected chi connectivity index (χ0v) is 13.1. The van der Waals surface area contributed by atoms with Gasteiger partial charge in [0.15, 0.2) is 0 Å². The minimum absolute atomic E-state index is 0.212. The number of amides is 1. The average molecular weight is 323 g/mol. The van der Waals surface area contributed by atoms with E-state index in [-0.39, 0.29) is 11.6 Å². The lowest BCUT2D eigenvalue weighted by Crippen LogP contribution is -2.11. The highest BCUT2D eigenvalue weighted by Gasteiger charge is 2.21. The van der Waals surface area contributed by atoms with Crippen molar-refractivity contribution in [1.82, 2.24) is 0 Å². The second-order valence-electron chi connectivity index (χ2n) is 5.56. The van der Waals surface area contributed by atoms with Crippen molar-refractivity contribution in [1.29, 1.82) is 0 Å². The number of carbonyl (C=O) groups excluding carboxylic acids is 1. The van der Waals surface area contributed by atoms with Crippen LogP contribution in [0.2, 0.25) is 0 Å². The summed E-state index contributed by atoms with van der Waals surface area (Å²) < 4.78 is 13.7. The summed E-state index contributed by atoms with van der Waals surface area (Å²) in [7, 11) is 0. The summed E-state index contributed by atoms with van der Waals surface area (Å²) in [5.74, 6) is -0.681. The average Bonchev–Trinajstić information content (AvgIpc) is 3.02. The van der Waals surface area contributed by atoms with E-state index in [0.29, 0.717) is 4.88 Å². The van der Waals surface area contributed by atoms with Crippen LogP contribution in [0.4, 0.5) is 10.1 Å². The van der Waals surface area contributed by atoms with E-state index in [0.717, 1.165) is 17.7 Å². The molecule has 1 aromatic heterocycles. The summed E-state index contributed by atoms with van der Waals surface area (Å²) in [6.07, 6.45) is 1.93. The molecular weight excluding hydrogens is 309 g/mol. The molecule has 1 amide bonds. The van der Waals surface area contributed by atoms with Gasteiger partial charge in [-0.05, 0) is 47.7 Å². The Balaban J connectivity index is 1.66. The van der Waals surface area contributed by atoms with E-state index >= 15 is 0 Å². The molecule has 0 aliphatic heterocycles. The monoisotopic (exact) mass is 323 g/mol. The van der Waals surface area contributed by atoms with Crippen molar-refractivity contribution in [2.24, 2.45) is 0 Å². The summed E-state index contributed by atoms with van der Waals surface area (Å²) in [5.41, 5.74) is 3.95. The molecule has 0 unspecified atom stereocenters. The number of carbonyl (C=O) groups is 1. The van der Waals surface area contributed by atoms with E-state index in [1.165, 1.54) is 34.1 Å². The van der Waals surface area contributed by atoms with E-state index in [2.05, 4.69) is 17.4 Å². The normalized spacial score (nSPS) is 12.4. The Bertz CT molecular complexity index is 900. The predicted octanol–water partition coefficient (Wildman–Crippen LogP) is 4.91. The molecule has 0 radical (unpaired) electrons. The second kappa shape index (κ2) is 5.63. The number of halogens is 1. The highest BCUT2D eigenvalue weighted by atomic mass is 32.1. The molecule has 0 saturated carbocycles. The zero-order valence-electron chi connectivity index (χ0n) is 12.3. The molecular formula is C19H14FNOS. The summed E-state index contributed by atoms with van der Waals surface area (Å²) in [6, 6.07) is 16.4. The molecule has 4 heteroatoms. The first-order valence-electron chi connectivity index (χ1n) is 7.49. The number of benzene rings is 2. The number of anilines is 1. The lowest BCUT2D eigenvalue weighted by molar-refractivity contribution is 0.103.